The van der Waals surface area contributed by atoms with Crippen LogP contribution in [0.25, 0.3) is 0 Å². The van der Waals surface area contributed by atoms with E-state index in [-0.39, 0.29) is 25.0 Å². The first-order chi connectivity index (χ1) is 16.0. The van der Waals surface area contributed by atoms with E-state index in [1.54, 1.807) is 4.90 Å². The monoisotopic (exact) mass is 465 g/mol. The van der Waals surface area contributed by atoms with Gasteiger partial charge in [0, 0.05) is 31.2 Å². The zero-order valence-corrected chi connectivity index (χ0v) is 20.1. The second-order valence-corrected chi connectivity index (χ2v) is 7.71. The summed E-state index contributed by atoms with van der Waals surface area (Å²) in [5.74, 6) is -0.160. The number of carbonyl (C=O) groups excluding carboxylic acids is 3. The van der Waals surface area contributed by atoms with Crippen LogP contribution in [0, 0.1) is 6.92 Å². The van der Waals surface area contributed by atoms with Crippen molar-refractivity contribution < 1.29 is 28.6 Å². The Morgan fingerprint density at radius 1 is 1.06 bits per heavy atom. The number of nitrogens with zero attached hydrogens (tertiary/aromatic N) is 1. The van der Waals surface area contributed by atoms with E-state index < -0.39 is 0 Å². The van der Waals surface area contributed by atoms with E-state index in [2.05, 4.69) is 10.6 Å². The van der Waals surface area contributed by atoms with Crippen LogP contribution in [-0.4, -0.2) is 82.8 Å². The van der Waals surface area contributed by atoms with Gasteiger partial charge < -0.3 is 34.5 Å². The van der Waals surface area contributed by atoms with Gasteiger partial charge in [-0.25, -0.2) is 0 Å². The van der Waals surface area contributed by atoms with Gasteiger partial charge in [-0.15, -0.1) is 0 Å². The summed E-state index contributed by atoms with van der Waals surface area (Å²) in [4.78, 5) is 36.3. The summed E-state index contributed by atoms with van der Waals surface area (Å²) in [6.07, 6.45) is 2.86. The fraction of sp³-hybridized carbons (Fsp3) is 0.625. The van der Waals surface area contributed by atoms with Gasteiger partial charge in [0.1, 0.15) is 6.29 Å². The van der Waals surface area contributed by atoms with Gasteiger partial charge in [-0.3, -0.25) is 9.59 Å². The van der Waals surface area contributed by atoms with Gasteiger partial charge in [-0.2, -0.15) is 0 Å². The maximum atomic E-state index is 12.4. The number of aryl methyl sites for hydroxylation is 1. The number of hydrogen-bond acceptors (Lipinski definition) is 7. The molecule has 0 aliphatic heterocycles. The molecule has 0 bridgehead atoms. The molecule has 1 atom stereocenters. The second-order valence-electron chi connectivity index (χ2n) is 7.71. The van der Waals surface area contributed by atoms with Crippen molar-refractivity contribution in [2.45, 2.75) is 45.7 Å². The lowest BCUT2D eigenvalue weighted by Crippen LogP contribution is -2.32. The summed E-state index contributed by atoms with van der Waals surface area (Å²) in [5, 5.41) is 5.93. The SMILES string of the molecule is CNCCOCCOCCOCCC(=O)Nc1cccc(C)c1CN(C=O)C(C)CCC=O. The first-order valence-electron chi connectivity index (χ1n) is 11.4. The number of likely N-dealkylation sites (N-methyl/N-ethyl adjacent to an activating group) is 1. The minimum Gasteiger partial charge on any atom is -0.379 e. The van der Waals surface area contributed by atoms with Crippen LogP contribution >= 0.6 is 0 Å². The number of aldehydes is 1. The Labute approximate surface area is 197 Å². The molecule has 1 aromatic carbocycles. The highest BCUT2D eigenvalue weighted by atomic mass is 16.5. The van der Waals surface area contributed by atoms with Gasteiger partial charge in [-0.05, 0) is 44.5 Å². The third kappa shape index (κ3) is 12.5. The van der Waals surface area contributed by atoms with E-state index >= 15 is 0 Å². The number of hydrogen-bond donors (Lipinski definition) is 2. The molecule has 9 nitrogen and oxygen atoms in total. The van der Waals surface area contributed by atoms with E-state index in [1.165, 1.54) is 0 Å². The van der Waals surface area contributed by atoms with E-state index in [4.69, 9.17) is 14.2 Å². The first-order valence-corrected chi connectivity index (χ1v) is 11.4. The maximum Gasteiger partial charge on any atom is 0.226 e. The highest BCUT2D eigenvalue weighted by Crippen LogP contribution is 2.23. The van der Waals surface area contributed by atoms with Crippen molar-refractivity contribution >= 4 is 24.3 Å². The third-order valence-corrected chi connectivity index (χ3v) is 5.14. The van der Waals surface area contributed by atoms with Gasteiger partial charge in [0.05, 0.1) is 46.1 Å². The Morgan fingerprint density at radius 2 is 1.73 bits per heavy atom. The van der Waals surface area contributed by atoms with Crippen molar-refractivity contribution in [1.29, 1.82) is 0 Å². The zero-order valence-electron chi connectivity index (χ0n) is 20.1. The molecule has 0 saturated heterocycles. The lowest BCUT2D eigenvalue weighted by atomic mass is 10.0. The number of anilines is 1. The summed E-state index contributed by atoms with van der Waals surface area (Å²) in [6.45, 7) is 7.87. The Kier molecular flexibility index (Phi) is 15.8. The second kappa shape index (κ2) is 18.1. The summed E-state index contributed by atoms with van der Waals surface area (Å²) in [5.41, 5.74) is 2.53. The minimum absolute atomic E-state index is 0.0774. The van der Waals surface area contributed by atoms with Crippen molar-refractivity contribution in [3.63, 3.8) is 0 Å². The standard InChI is InChI=1S/C24H39N3O6/c1-20-6-4-8-23(22(20)18-27(19-29)21(2)7-5-11-28)26-24(30)9-12-31-14-16-33-17-15-32-13-10-25-3/h4,6,8,11,19,21,25H,5,7,9-10,12-18H2,1-3H3,(H,26,30). The Hall–Kier alpha value is -2.33. The predicted molar refractivity (Wildman–Crippen MR) is 127 cm³/mol. The van der Waals surface area contributed by atoms with Gasteiger partial charge in [0.2, 0.25) is 12.3 Å². The van der Waals surface area contributed by atoms with Crippen LogP contribution in [0.5, 0.6) is 0 Å². The van der Waals surface area contributed by atoms with E-state index in [9.17, 15) is 14.4 Å². The topological polar surface area (TPSA) is 106 Å². The smallest absolute Gasteiger partial charge is 0.226 e. The molecule has 1 rings (SSSR count). The van der Waals surface area contributed by atoms with Crippen molar-refractivity contribution in [3.05, 3.63) is 29.3 Å². The molecule has 1 aromatic rings. The molecule has 0 aliphatic rings. The molecule has 186 valence electrons. The number of ether oxygens (including phenoxy) is 3. The molecule has 0 aromatic heterocycles. The summed E-state index contributed by atoms with van der Waals surface area (Å²) in [7, 11) is 1.87. The molecule has 2 amide bonds. The number of amides is 2. The van der Waals surface area contributed by atoms with E-state index in [1.807, 2.05) is 39.1 Å². The van der Waals surface area contributed by atoms with Crippen molar-refractivity contribution in [1.82, 2.24) is 10.2 Å². The quantitative estimate of drug-likeness (QED) is 0.224. The van der Waals surface area contributed by atoms with Crippen LogP contribution < -0.4 is 10.6 Å². The van der Waals surface area contributed by atoms with Crippen LogP contribution in [-0.2, 0) is 35.1 Å². The van der Waals surface area contributed by atoms with Crippen molar-refractivity contribution in [2.75, 3.05) is 58.6 Å². The van der Waals surface area contributed by atoms with Gasteiger partial charge in [0.25, 0.3) is 0 Å². The van der Waals surface area contributed by atoms with Crippen LogP contribution in [0.2, 0.25) is 0 Å². The summed E-state index contributed by atoms with van der Waals surface area (Å²) in [6, 6.07) is 5.56. The summed E-state index contributed by atoms with van der Waals surface area (Å²) < 4.78 is 16.2. The number of nitrogens with one attached hydrogen (secondary N) is 2. The molecule has 1 unspecified atom stereocenters. The largest absolute Gasteiger partial charge is 0.379 e. The third-order valence-electron chi connectivity index (χ3n) is 5.14. The Morgan fingerprint density at radius 3 is 2.36 bits per heavy atom. The van der Waals surface area contributed by atoms with Crippen LogP contribution in [0.1, 0.15) is 37.3 Å². The number of carbonyl (C=O) groups is 3. The maximum absolute atomic E-state index is 12.4. The minimum atomic E-state index is -0.160. The van der Waals surface area contributed by atoms with Crippen molar-refractivity contribution in [3.8, 4) is 0 Å². The highest BCUT2D eigenvalue weighted by Gasteiger charge is 2.16. The summed E-state index contributed by atoms with van der Waals surface area (Å²) >= 11 is 0. The van der Waals surface area contributed by atoms with Gasteiger partial charge >= 0.3 is 0 Å². The average Bonchev–Trinajstić information content (AvgIpc) is 2.80. The van der Waals surface area contributed by atoms with Crippen LogP contribution in [0.3, 0.4) is 0 Å². The molecule has 0 aliphatic carbocycles. The van der Waals surface area contributed by atoms with Crippen LogP contribution in [0.4, 0.5) is 5.69 Å². The lowest BCUT2D eigenvalue weighted by molar-refractivity contribution is -0.121. The molecule has 9 heteroatoms. The van der Waals surface area contributed by atoms with Crippen molar-refractivity contribution in [2.24, 2.45) is 0 Å². The van der Waals surface area contributed by atoms with E-state index in [0.717, 1.165) is 30.4 Å². The molecular weight excluding hydrogens is 426 g/mol. The lowest BCUT2D eigenvalue weighted by Gasteiger charge is -2.26. The molecule has 0 radical (unpaired) electrons. The molecule has 0 spiro atoms. The Bertz CT molecular complexity index is 701. The fourth-order valence-electron chi connectivity index (χ4n) is 3.08. The molecule has 0 saturated carbocycles. The first kappa shape index (κ1) is 28.7. The highest BCUT2D eigenvalue weighted by molar-refractivity contribution is 5.91. The zero-order chi connectivity index (χ0) is 24.3. The van der Waals surface area contributed by atoms with Gasteiger partial charge in [0.15, 0.2) is 0 Å². The Balaban J connectivity index is 2.40. The predicted octanol–water partition coefficient (Wildman–Crippen LogP) is 1.92. The molecular formula is C24H39N3O6. The molecule has 0 fully saturated rings. The molecule has 2 N–H and O–H groups in total. The van der Waals surface area contributed by atoms with E-state index in [0.29, 0.717) is 58.1 Å². The van der Waals surface area contributed by atoms with Gasteiger partial charge in [-0.1, -0.05) is 12.1 Å². The fourth-order valence-corrected chi connectivity index (χ4v) is 3.08. The average molecular weight is 466 g/mol. The molecule has 33 heavy (non-hydrogen) atoms. The molecule has 0 heterocycles. The normalized spacial score (nSPS) is 11.7. The van der Waals surface area contributed by atoms with Crippen LogP contribution in [0.15, 0.2) is 18.2 Å². The number of rotatable bonds is 20. The number of benzene rings is 1.